The van der Waals surface area contributed by atoms with Gasteiger partial charge in [0.2, 0.25) is 0 Å². The fourth-order valence-corrected chi connectivity index (χ4v) is 3.85. The molecule has 3 rings (SSSR count). The zero-order valence-corrected chi connectivity index (χ0v) is 12.1. The minimum atomic E-state index is -0.812. The van der Waals surface area contributed by atoms with Crippen LogP contribution in [0.4, 0.5) is 4.79 Å². The number of rotatable bonds is 1. The molecule has 1 spiro atoms. The third-order valence-electron chi connectivity index (χ3n) is 4.56. The van der Waals surface area contributed by atoms with E-state index in [9.17, 15) is 14.7 Å². The maximum Gasteiger partial charge on any atom is 0.410 e. The quantitative estimate of drug-likeness (QED) is 0.789. The molecule has 112 valence electrons. The second-order valence-electron chi connectivity index (χ2n) is 7.09. The molecule has 3 fully saturated rings. The summed E-state index contributed by atoms with van der Waals surface area (Å²) in [4.78, 5) is 25.2. The van der Waals surface area contributed by atoms with Crippen molar-refractivity contribution in [3.05, 3.63) is 0 Å². The van der Waals surface area contributed by atoms with E-state index in [4.69, 9.17) is 9.47 Å². The molecular formula is C14H21NO5. The first kappa shape index (κ1) is 13.7. The summed E-state index contributed by atoms with van der Waals surface area (Å²) in [5.74, 6) is -1.41. The second-order valence-corrected chi connectivity index (χ2v) is 7.09. The number of hydrogen-bond donors (Lipinski definition) is 1. The van der Waals surface area contributed by atoms with Crippen molar-refractivity contribution in [1.82, 2.24) is 4.90 Å². The van der Waals surface area contributed by atoms with Crippen LogP contribution in [-0.2, 0) is 14.3 Å². The average Bonchev–Trinajstić information content (AvgIpc) is 2.90. The van der Waals surface area contributed by atoms with Crippen LogP contribution in [0.2, 0.25) is 0 Å². The van der Waals surface area contributed by atoms with E-state index in [-0.39, 0.29) is 18.1 Å². The van der Waals surface area contributed by atoms with Crippen molar-refractivity contribution < 1.29 is 24.2 Å². The molecule has 0 aromatic heterocycles. The van der Waals surface area contributed by atoms with Gasteiger partial charge >= 0.3 is 12.1 Å². The van der Waals surface area contributed by atoms with Gasteiger partial charge < -0.3 is 19.5 Å². The van der Waals surface area contributed by atoms with Crippen molar-refractivity contribution in [2.75, 3.05) is 13.1 Å². The van der Waals surface area contributed by atoms with Gasteiger partial charge in [-0.05, 0) is 33.6 Å². The number of likely N-dealkylation sites (tertiary alicyclic amines) is 1. The first-order valence-corrected chi connectivity index (χ1v) is 7.10. The summed E-state index contributed by atoms with van der Waals surface area (Å²) in [7, 11) is 0. The van der Waals surface area contributed by atoms with E-state index < -0.39 is 23.1 Å². The van der Waals surface area contributed by atoms with Gasteiger partial charge in [-0.1, -0.05) is 0 Å². The molecule has 3 aliphatic rings. The zero-order valence-electron chi connectivity index (χ0n) is 12.1. The van der Waals surface area contributed by atoms with E-state index in [0.717, 1.165) is 12.8 Å². The maximum absolute atomic E-state index is 12.1. The highest BCUT2D eigenvalue weighted by molar-refractivity contribution is 5.74. The Morgan fingerprint density at radius 2 is 2.10 bits per heavy atom. The lowest BCUT2D eigenvalue weighted by molar-refractivity contribution is -0.144. The van der Waals surface area contributed by atoms with E-state index >= 15 is 0 Å². The summed E-state index contributed by atoms with van der Waals surface area (Å²) in [6.45, 7) is 6.34. The van der Waals surface area contributed by atoms with Crippen molar-refractivity contribution in [2.45, 2.75) is 50.9 Å². The van der Waals surface area contributed by atoms with Crippen LogP contribution < -0.4 is 0 Å². The highest BCUT2D eigenvalue weighted by atomic mass is 16.6. The monoisotopic (exact) mass is 283 g/mol. The Morgan fingerprint density at radius 3 is 2.70 bits per heavy atom. The summed E-state index contributed by atoms with van der Waals surface area (Å²) < 4.78 is 11.3. The fourth-order valence-electron chi connectivity index (χ4n) is 3.85. The molecule has 0 radical (unpaired) electrons. The number of nitrogens with zero attached hydrogens (tertiary/aromatic N) is 1. The largest absolute Gasteiger partial charge is 0.481 e. The van der Waals surface area contributed by atoms with Crippen LogP contribution in [0.25, 0.3) is 0 Å². The van der Waals surface area contributed by atoms with Crippen LogP contribution in [0.5, 0.6) is 0 Å². The van der Waals surface area contributed by atoms with Gasteiger partial charge in [0.05, 0.1) is 24.2 Å². The number of fused-ring (bicyclic) bond motifs is 1. The number of carbonyl (C=O) groups is 2. The number of carboxylic acids is 1. The number of carboxylic acid groups (broad SMARTS) is 1. The Balaban J connectivity index is 1.76. The average molecular weight is 283 g/mol. The Morgan fingerprint density at radius 1 is 1.40 bits per heavy atom. The molecule has 3 aliphatic heterocycles. The van der Waals surface area contributed by atoms with Gasteiger partial charge in [-0.25, -0.2) is 4.79 Å². The third-order valence-corrected chi connectivity index (χ3v) is 4.56. The summed E-state index contributed by atoms with van der Waals surface area (Å²) in [6.07, 6.45) is 1.05. The number of ether oxygens (including phenoxy) is 2. The number of amides is 1. The summed E-state index contributed by atoms with van der Waals surface area (Å²) in [6, 6.07) is 0. The van der Waals surface area contributed by atoms with Crippen molar-refractivity contribution >= 4 is 12.1 Å². The molecule has 0 aromatic rings. The van der Waals surface area contributed by atoms with Gasteiger partial charge in [0.15, 0.2) is 0 Å². The van der Waals surface area contributed by atoms with Gasteiger partial charge in [-0.2, -0.15) is 0 Å². The number of hydrogen-bond acceptors (Lipinski definition) is 4. The third kappa shape index (κ3) is 1.97. The van der Waals surface area contributed by atoms with Gasteiger partial charge in [0, 0.05) is 12.5 Å². The van der Waals surface area contributed by atoms with E-state index in [1.165, 1.54) is 0 Å². The highest BCUT2D eigenvalue weighted by Gasteiger charge is 2.66. The van der Waals surface area contributed by atoms with Crippen molar-refractivity contribution in [2.24, 2.45) is 11.8 Å². The first-order valence-electron chi connectivity index (χ1n) is 7.10. The topological polar surface area (TPSA) is 76.1 Å². The maximum atomic E-state index is 12.1. The van der Waals surface area contributed by atoms with Crippen LogP contribution in [0.15, 0.2) is 0 Å². The second kappa shape index (κ2) is 4.10. The van der Waals surface area contributed by atoms with Gasteiger partial charge in [-0.3, -0.25) is 4.79 Å². The molecule has 4 atom stereocenters. The van der Waals surface area contributed by atoms with E-state index in [1.54, 1.807) is 4.90 Å². The molecule has 6 nitrogen and oxygen atoms in total. The molecule has 6 heteroatoms. The minimum Gasteiger partial charge on any atom is -0.481 e. The predicted octanol–water partition coefficient (Wildman–Crippen LogP) is 1.49. The predicted molar refractivity (Wildman–Crippen MR) is 69.3 cm³/mol. The van der Waals surface area contributed by atoms with Gasteiger partial charge in [0.1, 0.15) is 5.60 Å². The van der Waals surface area contributed by atoms with Crippen LogP contribution in [0.1, 0.15) is 33.6 Å². The standard InChI is InChI=1S/C14H21NO5/c1-13(2,3)20-12(18)15-6-8-10(11(16)17)9-4-5-14(8,7-15)19-9/h8-10H,4-7H2,1-3H3,(H,16,17)/t8-,9+,10+,14-/m0/s1. The summed E-state index contributed by atoms with van der Waals surface area (Å²) in [5, 5.41) is 9.38. The van der Waals surface area contributed by atoms with E-state index in [2.05, 4.69) is 0 Å². The fraction of sp³-hybridized carbons (Fsp3) is 0.857. The van der Waals surface area contributed by atoms with Crippen molar-refractivity contribution in [1.29, 1.82) is 0 Å². The molecule has 0 aromatic carbocycles. The minimum absolute atomic E-state index is 0.105. The molecular weight excluding hydrogens is 262 g/mol. The molecule has 1 N–H and O–H groups in total. The summed E-state index contributed by atoms with van der Waals surface area (Å²) in [5.41, 5.74) is -0.998. The zero-order chi connectivity index (χ0) is 14.7. The van der Waals surface area contributed by atoms with E-state index in [0.29, 0.717) is 13.1 Å². The van der Waals surface area contributed by atoms with Crippen LogP contribution in [0, 0.1) is 11.8 Å². The van der Waals surface area contributed by atoms with Crippen molar-refractivity contribution in [3.63, 3.8) is 0 Å². The Kier molecular flexibility index (Phi) is 2.80. The number of carbonyl (C=O) groups excluding carboxylic acids is 1. The van der Waals surface area contributed by atoms with Gasteiger partial charge in [-0.15, -0.1) is 0 Å². The normalized spacial score (nSPS) is 39.0. The molecule has 0 unspecified atom stereocenters. The lowest BCUT2D eigenvalue weighted by Gasteiger charge is -2.26. The van der Waals surface area contributed by atoms with Crippen LogP contribution in [-0.4, -0.2) is 52.5 Å². The Bertz CT molecular complexity index is 457. The molecule has 3 heterocycles. The molecule has 2 bridgehead atoms. The Hall–Kier alpha value is -1.30. The highest BCUT2D eigenvalue weighted by Crippen LogP contribution is 2.54. The molecule has 3 saturated heterocycles. The van der Waals surface area contributed by atoms with Crippen molar-refractivity contribution in [3.8, 4) is 0 Å². The molecule has 1 amide bonds. The van der Waals surface area contributed by atoms with Crippen LogP contribution >= 0.6 is 0 Å². The first-order chi connectivity index (χ1) is 9.22. The van der Waals surface area contributed by atoms with E-state index in [1.807, 2.05) is 20.8 Å². The van der Waals surface area contributed by atoms with Crippen LogP contribution in [0.3, 0.4) is 0 Å². The molecule has 20 heavy (non-hydrogen) atoms. The molecule has 0 aliphatic carbocycles. The Labute approximate surface area is 118 Å². The summed E-state index contributed by atoms with van der Waals surface area (Å²) >= 11 is 0. The lowest BCUT2D eigenvalue weighted by Crippen LogP contribution is -2.39. The molecule has 0 saturated carbocycles. The van der Waals surface area contributed by atoms with Gasteiger partial charge in [0.25, 0.3) is 0 Å². The SMILES string of the molecule is CC(C)(C)OC(=O)N1C[C@H]2[C@@H](C(=O)O)[C@H]3CC[C@@]2(C1)O3. The number of aliphatic carboxylic acids is 1. The lowest BCUT2D eigenvalue weighted by atomic mass is 9.74. The smallest absolute Gasteiger partial charge is 0.410 e.